The monoisotopic (exact) mass is 366 g/mol. The molecule has 1 aliphatic rings. The first-order valence-corrected chi connectivity index (χ1v) is 8.81. The van der Waals surface area contributed by atoms with Gasteiger partial charge in [-0.2, -0.15) is 0 Å². The van der Waals surface area contributed by atoms with E-state index in [-0.39, 0.29) is 11.8 Å². The summed E-state index contributed by atoms with van der Waals surface area (Å²) in [6.07, 6.45) is 4.51. The second kappa shape index (κ2) is 6.83. The Morgan fingerprint density at radius 2 is 2.19 bits per heavy atom. The molecular formula is C20H19FN4O2. The van der Waals surface area contributed by atoms with E-state index in [1.54, 1.807) is 41.0 Å². The van der Waals surface area contributed by atoms with Gasteiger partial charge in [-0.05, 0) is 36.2 Å². The first-order valence-electron chi connectivity index (χ1n) is 8.81. The first kappa shape index (κ1) is 17.2. The van der Waals surface area contributed by atoms with E-state index in [0.717, 1.165) is 12.0 Å². The first-order chi connectivity index (χ1) is 13.1. The number of aryl methyl sites for hydroxylation is 1. The quantitative estimate of drug-likeness (QED) is 0.772. The molecule has 2 aromatic heterocycles. The van der Waals surface area contributed by atoms with Gasteiger partial charge in [0.05, 0.1) is 11.2 Å². The maximum absolute atomic E-state index is 13.9. The van der Waals surface area contributed by atoms with Crippen LogP contribution in [0.5, 0.6) is 0 Å². The predicted octanol–water partition coefficient (Wildman–Crippen LogP) is 2.77. The van der Waals surface area contributed by atoms with Crippen molar-refractivity contribution in [2.24, 2.45) is 7.05 Å². The Balaban J connectivity index is 1.77. The molecule has 0 spiro atoms. The third kappa shape index (κ3) is 3.05. The van der Waals surface area contributed by atoms with E-state index in [0.29, 0.717) is 41.8 Å². The SMILES string of the molecule is Cn1c(C(=O)NCc2cccnc2)c(N2CCCC2=O)c2cc(F)ccc21. The van der Waals surface area contributed by atoms with Gasteiger partial charge in [0.25, 0.3) is 5.91 Å². The molecule has 0 aliphatic carbocycles. The van der Waals surface area contributed by atoms with Crippen molar-refractivity contribution in [2.75, 3.05) is 11.4 Å². The lowest BCUT2D eigenvalue weighted by molar-refractivity contribution is -0.117. The van der Waals surface area contributed by atoms with Gasteiger partial charge in [-0.1, -0.05) is 6.07 Å². The highest BCUT2D eigenvalue weighted by molar-refractivity contribution is 6.14. The van der Waals surface area contributed by atoms with Crippen LogP contribution in [0, 0.1) is 5.82 Å². The van der Waals surface area contributed by atoms with E-state index in [1.807, 2.05) is 6.07 Å². The molecule has 7 heteroatoms. The lowest BCUT2D eigenvalue weighted by Crippen LogP contribution is -2.30. The van der Waals surface area contributed by atoms with Crippen LogP contribution in [-0.4, -0.2) is 27.9 Å². The molecule has 2 amide bonds. The van der Waals surface area contributed by atoms with Crippen LogP contribution in [0.15, 0.2) is 42.7 Å². The van der Waals surface area contributed by atoms with Gasteiger partial charge < -0.3 is 14.8 Å². The van der Waals surface area contributed by atoms with E-state index in [1.165, 1.54) is 12.1 Å². The van der Waals surface area contributed by atoms with Crippen molar-refractivity contribution in [3.8, 4) is 0 Å². The highest BCUT2D eigenvalue weighted by Gasteiger charge is 2.31. The van der Waals surface area contributed by atoms with E-state index >= 15 is 0 Å². The molecule has 27 heavy (non-hydrogen) atoms. The number of benzene rings is 1. The summed E-state index contributed by atoms with van der Waals surface area (Å²) >= 11 is 0. The number of nitrogens with zero attached hydrogens (tertiary/aromatic N) is 3. The minimum absolute atomic E-state index is 0.0481. The number of hydrogen-bond acceptors (Lipinski definition) is 3. The Morgan fingerprint density at radius 3 is 2.89 bits per heavy atom. The predicted molar refractivity (Wildman–Crippen MR) is 99.9 cm³/mol. The van der Waals surface area contributed by atoms with Gasteiger partial charge in [-0.25, -0.2) is 4.39 Å². The summed E-state index contributed by atoms with van der Waals surface area (Å²) in [5.74, 6) is -0.760. The summed E-state index contributed by atoms with van der Waals surface area (Å²) in [5.41, 5.74) is 2.42. The fourth-order valence-corrected chi connectivity index (χ4v) is 3.58. The van der Waals surface area contributed by atoms with Crippen LogP contribution in [0.25, 0.3) is 10.9 Å². The standard InChI is InChI=1S/C20H19FN4O2/c1-24-16-7-6-14(21)10-15(16)18(25-9-3-5-17(25)26)19(24)20(27)23-12-13-4-2-8-22-11-13/h2,4,6-8,10-11H,3,5,9,12H2,1H3,(H,23,27). The van der Waals surface area contributed by atoms with Crippen LogP contribution in [0.1, 0.15) is 28.9 Å². The third-order valence-corrected chi connectivity index (χ3v) is 4.87. The Hall–Kier alpha value is -3.22. The Labute approximate surface area is 155 Å². The normalized spacial score (nSPS) is 14.1. The van der Waals surface area contributed by atoms with Gasteiger partial charge in [0.2, 0.25) is 5.91 Å². The molecule has 1 fully saturated rings. The number of carbonyl (C=O) groups is 2. The van der Waals surface area contributed by atoms with Crippen molar-refractivity contribution in [3.05, 3.63) is 59.8 Å². The molecular weight excluding hydrogens is 347 g/mol. The molecule has 0 saturated carbocycles. The van der Waals surface area contributed by atoms with E-state index in [4.69, 9.17) is 0 Å². The number of pyridine rings is 1. The number of anilines is 1. The van der Waals surface area contributed by atoms with E-state index in [2.05, 4.69) is 10.3 Å². The van der Waals surface area contributed by atoms with E-state index < -0.39 is 5.82 Å². The molecule has 138 valence electrons. The average Bonchev–Trinajstić information content (AvgIpc) is 3.21. The smallest absolute Gasteiger partial charge is 0.270 e. The molecule has 0 bridgehead atoms. The molecule has 1 aliphatic heterocycles. The molecule has 6 nitrogen and oxygen atoms in total. The molecule has 1 aromatic carbocycles. The second-order valence-corrected chi connectivity index (χ2v) is 6.61. The summed E-state index contributed by atoms with van der Waals surface area (Å²) in [7, 11) is 1.75. The lowest BCUT2D eigenvalue weighted by atomic mass is 10.2. The van der Waals surface area contributed by atoms with Gasteiger partial charge in [-0.3, -0.25) is 14.6 Å². The number of amides is 2. The van der Waals surface area contributed by atoms with Gasteiger partial charge in [0, 0.05) is 44.3 Å². The van der Waals surface area contributed by atoms with Crippen LogP contribution in [0.3, 0.4) is 0 Å². The van der Waals surface area contributed by atoms with Crippen molar-refractivity contribution in [1.29, 1.82) is 0 Å². The Bertz CT molecular complexity index is 1030. The van der Waals surface area contributed by atoms with Crippen LogP contribution in [0.4, 0.5) is 10.1 Å². The number of aromatic nitrogens is 2. The topological polar surface area (TPSA) is 67.2 Å². The molecule has 3 heterocycles. The molecule has 3 aromatic rings. The number of nitrogens with one attached hydrogen (secondary N) is 1. The number of hydrogen-bond donors (Lipinski definition) is 1. The van der Waals surface area contributed by atoms with Crippen molar-refractivity contribution in [2.45, 2.75) is 19.4 Å². The zero-order valence-corrected chi connectivity index (χ0v) is 14.9. The van der Waals surface area contributed by atoms with Gasteiger partial charge >= 0.3 is 0 Å². The molecule has 1 N–H and O–H groups in total. The van der Waals surface area contributed by atoms with Gasteiger partial charge in [0.15, 0.2) is 0 Å². The largest absolute Gasteiger partial charge is 0.347 e. The summed E-state index contributed by atoms with van der Waals surface area (Å²) in [6, 6.07) is 8.04. The van der Waals surface area contributed by atoms with Crippen LogP contribution < -0.4 is 10.2 Å². The van der Waals surface area contributed by atoms with Crippen molar-refractivity contribution < 1.29 is 14.0 Å². The maximum atomic E-state index is 13.9. The fraction of sp³-hybridized carbons (Fsp3) is 0.250. The minimum atomic E-state index is -0.400. The summed E-state index contributed by atoms with van der Waals surface area (Å²) in [6.45, 7) is 0.841. The highest BCUT2D eigenvalue weighted by atomic mass is 19.1. The minimum Gasteiger partial charge on any atom is -0.347 e. The van der Waals surface area contributed by atoms with E-state index in [9.17, 15) is 14.0 Å². The van der Waals surface area contributed by atoms with Crippen LogP contribution >= 0.6 is 0 Å². The van der Waals surface area contributed by atoms with Crippen molar-refractivity contribution in [3.63, 3.8) is 0 Å². The van der Waals surface area contributed by atoms with Crippen LogP contribution in [0.2, 0.25) is 0 Å². The molecule has 0 unspecified atom stereocenters. The third-order valence-electron chi connectivity index (χ3n) is 4.87. The zero-order chi connectivity index (χ0) is 19.0. The molecule has 1 saturated heterocycles. The lowest BCUT2D eigenvalue weighted by Gasteiger charge is -2.18. The number of halogens is 1. The highest BCUT2D eigenvalue weighted by Crippen LogP contribution is 2.36. The number of fused-ring (bicyclic) bond motifs is 1. The Morgan fingerprint density at radius 1 is 1.33 bits per heavy atom. The fourth-order valence-electron chi connectivity index (χ4n) is 3.58. The summed E-state index contributed by atoms with van der Waals surface area (Å²) in [4.78, 5) is 31.0. The summed E-state index contributed by atoms with van der Waals surface area (Å²) < 4.78 is 15.6. The molecule has 0 atom stereocenters. The number of carbonyl (C=O) groups excluding carboxylic acids is 2. The van der Waals surface area contributed by atoms with Gasteiger partial charge in [-0.15, -0.1) is 0 Å². The second-order valence-electron chi connectivity index (χ2n) is 6.61. The molecule has 0 radical (unpaired) electrons. The van der Waals surface area contributed by atoms with Crippen molar-refractivity contribution >= 4 is 28.4 Å². The number of rotatable bonds is 4. The zero-order valence-electron chi connectivity index (χ0n) is 14.9. The Kier molecular flexibility index (Phi) is 4.35. The van der Waals surface area contributed by atoms with Gasteiger partial charge in [0.1, 0.15) is 11.5 Å². The maximum Gasteiger partial charge on any atom is 0.270 e. The average molecular weight is 366 g/mol. The summed E-state index contributed by atoms with van der Waals surface area (Å²) in [5, 5.41) is 3.45. The molecule has 4 rings (SSSR count). The van der Waals surface area contributed by atoms with Crippen molar-refractivity contribution in [1.82, 2.24) is 14.9 Å². The van der Waals surface area contributed by atoms with Crippen LogP contribution in [-0.2, 0) is 18.4 Å².